The van der Waals surface area contributed by atoms with Gasteiger partial charge in [-0.1, -0.05) is 0 Å². The van der Waals surface area contributed by atoms with Crippen LogP contribution in [0.2, 0.25) is 0 Å². The molecule has 0 aromatic rings. The summed E-state index contributed by atoms with van der Waals surface area (Å²) in [6, 6.07) is -1.37. The minimum atomic E-state index is -0.686. The zero-order chi connectivity index (χ0) is 18.5. The topological polar surface area (TPSA) is 116 Å². The first kappa shape index (κ1) is 18.7. The van der Waals surface area contributed by atoms with Crippen molar-refractivity contribution in [1.82, 2.24) is 21.3 Å². The molecular formula is C18H28N4O4. The fourth-order valence-corrected chi connectivity index (χ4v) is 2.97. The van der Waals surface area contributed by atoms with E-state index in [9.17, 15) is 19.2 Å². The molecule has 0 aromatic heterocycles. The zero-order valence-electron chi connectivity index (χ0n) is 15.0. The van der Waals surface area contributed by atoms with Crippen LogP contribution in [-0.4, -0.2) is 48.8 Å². The molecule has 0 spiro atoms. The summed E-state index contributed by atoms with van der Waals surface area (Å²) in [5, 5.41) is 11.0. The number of nitrogens with one attached hydrogen (secondary N) is 4. The summed E-state index contributed by atoms with van der Waals surface area (Å²) >= 11 is 0. The summed E-state index contributed by atoms with van der Waals surface area (Å²) in [7, 11) is 0. The molecule has 0 radical (unpaired) electrons. The van der Waals surface area contributed by atoms with Crippen LogP contribution in [0.5, 0.6) is 0 Å². The van der Waals surface area contributed by atoms with Gasteiger partial charge in [0.05, 0.1) is 0 Å². The fraction of sp³-hybridized carbons (Fsp3) is 0.778. The lowest BCUT2D eigenvalue weighted by atomic mass is 10.0. The molecule has 1 aliphatic heterocycles. The summed E-state index contributed by atoms with van der Waals surface area (Å²) in [6.07, 6.45) is 5.65. The van der Waals surface area contributed by atoms with Crippen LogP contribution in [0.25, 0.3) is 0 Å². The van der Waals surface area contributed by atoms with Crippen molar-refractivity contribution in [3.63, 3.8) is 0 Å². The van der Waals surface area contributed by atoms with E-state index in [1.807, 2.05) is 0 Å². The predicted octanol–water partition coefficient (Wildman–Crippen LogP) is -0.418. The first-order valence-electron chi connectivity index (χ1n) is 9.65. The molecule has 3 rings (SSSR count). The van der Waals surface area contributed by atoms with Crippen molar-refractivity contribution in [3.05, 3.63) is 0 Å². The van der Waals surface area contributed by atoms with Gasteiger partial charge in [-0.15, -0.1) is 0 Å². The lowest BCUT2D eigenvalue weighted by molar-refractivity contribution is -0.137. The highest BCUT2D eigenvalue weighted by atomic mass is 16.2. The maximum atomic E-state index is 12.1. The molecule has 0 aromatic carbocycles. The first-order valence-corrected chi connectivity index (χ1v) is 9.65. The molecule has 3 fully saturated rings. The Morgan fingerprint density at radius 2 is 1.15 bits per heavy atom. The molecule has 1 saturated heterocycles. The lowest BCUT2D eigenvalue weighted by Crippen LogP contribution is -2.61. The number of piperazine rings is 1. The van der Waals surface area contributed by atoms with E-state index in [1.165, 1.54) is 25.7 Å². The molecule has 0 unspecified atom stereocenters. The third-order valence-electron chi connectivity index (χ3n) is 5.16. The van der Waals surface area contributed by atoms with Crippen LogP contribution < -0.4 is 21.3 Å². The van der Waals surface area contributed by atoms with Crippen LogP contribution in [0.3, 0.4) is 0 Å². The van der Waals surface area contributed by atoms with Crippen LogP contribution in [-0.2, 0) is 19.2 Å². The average molecular weight is 364 g/mol. The average Bonchev–Trinajstić information content (AvgIpc) is 3.51. The van der Waals surface area contributed by atoms with E-state index in [0.717, 1.165) is 0 Å². The highest BCUT2D eigenvalue weighted by Gasteiger charge is 2.34. The van der Waals surface area contributed by atoms with Crippen LogP contribution >= 0.6 is 0 Å². The van der Waals surface area contributed by atoms with Gasteiger partial charge in [0.25, 0.3) is 0 Å². The highest BCUT2D eigenvalue weighted by molar-refractivity contribution is 5.97. The van der Waals surface area contributed by atoms with Gasteiger partial charge in [0.1, 0.15) is 12.1 Å². The molecule has 8 nitrogen and oxygen atoms in total. The number of carbonyl (C=O) groups is 4. The van der Waals surface area contributed by atoms with Crippen LogP contribution in [0.1, 0.15) is 51.4 Å². The smallest absolute Gasteiger partial charge is 0.243 e. The Balaban J connectivity index is 1.33. The predicted molar refractivity (Wildman–Crippen MR) is 93.8 cm³/mol. The Hall–Kier alpha value is -2.12. The highest BCUT2D eigenvalue weighted by Crippen LogP contribution is 2.28. The van der Waals surface area contributed by atoms with Gasteiger partial charge in [0.15, 0.2) is 0 Å². The molecule has 2 atom stereocenters. The van der Waals surface area contributed by atoms with Gasteiger partial charge in [0.2, 0.25) is 23.6 Å². The number of hydrogen-bond acceptors (Lipinski definition) is 4. The summed E-state index contributed by atoms with van der Waals surface area (Å²) in [4.78, 5) is 47.8. The summed E-state index contributed by atoms with van der Waals surface area (Å²) in [6.45, 7) is 1.40. The van der Waals surface area contributed by atoms with E-state index >= 15 is 0 Å². The molecule has 1 heterocycles. The molecule has 2 aliphatic carbocycles. The van der Waals surface area contributed by atoms with Crippen LogP contribution in [0.15, 0.2) is 0 Å². The molecule has 4 amide bonds. The number of amides is 4. The van der Waals surface area contributed by atoms with E-state index in [1.54, 1.807) is 0 Å². The summed E-state index contributed by atoms with van der Waals surface area (Å²) in [5.41, 5.74) is 0. The van der Waals surface area contributed by atoms with Crippen molar-refractivity contribution < 1.29 is 19.2 Å². The zero-order valence-corrected chi connectivity index (χ0v) is 15.0. The normalized spacial score (nSPS) is 25.2. The van der Waals surface area contributed by atoms with Crippen molar-refractivity contribution in [2.24, 2.45) is 11.8 Å². The second-order valence-corrected chi connectivity index (χ2v) is 7.69. The molecule has 2 saturated carbocycles. The van der Waals surface area contributed by atoms with Crippen molar-refractivity contribution in [3.8, 4) is 0 Å². The molecular weight excluding hydrogens is 336 g/mol. The monoisotopic (exact) mass is 364 g/mol. The minimum absolute atomic E-state index is 0.0894. The number of hydrogen-bond donors (Lipinski definition) is 4. The van der Waals surface area contributed by atoms with Gasteiger partial charge < -0.3 is 21.3 Å². The molecule has 26 heavy (non-hydrogen) atoms. The van der Waals surface area contributed by atoms with Crippen molar-refractivity contribution in [1.29, 1.82) is 0 Å². The Labute approximate surface area is 153 Å². The lowest BCUT2D eigenvalue weighted by Gasteiger charge is -2.29. The van der Waals surface area contributed by atoms with E-state index in [4.69, 9.17) is 0 Å². The van der Waals surface area contributed by atoms with Crippen molar-refractivity contribution in [2.75, 3.05) is 13.1 Å². The van der Waals surface area contributed by atoms with Crippen molar-refractivity contribution in [2.45, 2.75) is 63.5 Å². The number of carbonyl (C=O) groups excluding carboxylic acids is 4. The molecule has 0 bridgehead atoms. The van der Waals surface area contributed by atoms with Crippen LogP contribution in [0.4, 0.5) is 0 Å². The standard InChI is InChI=1S/C18H28N4O4/c23-15(19-9-11-1-2-11)7-5-13-17(25)22-14(18(26)21-13)6-8-16(24)20-10-12-3-4-12/h11-14H,1-10H2,(H,19,23)(H,20,24)(H,21,26)(H,22,25)/t13-,14-/m0/s1. The fourth-order valence-electron chi connectivity index (χ4n) is 2.97. The Bertz CT molecular complexity index is 522. The third-order valence-corrected chi connectivity index (χ3v) is 5.16. The van der Waals surface area contributed by atoms with Gasteiger partial charge in [-0.05, 0) is 50.4 Å². The van der Waals surface area contributed by atoms with Crippen LogP contribution in [0, 0.1) is 11.8 Å². The Kier molecular flexibility index (Phi) is 6.11. The molecule has 3 aliphatic rings. The number of rotatable bonds is 10. The van der Waals surface area contributed by atoms with Gasteiger partial charge in [-0.25, -0.2) is 0 Å². The van der Waals surface area contributed by atoms with Crippen molar-refractivity contribution >= 4 is 23.6 Å². The SMILES string of the molecule is O=C(CC[C@@H]1NC(=O)[C@H](CCC(=O)NCC2CC2)NC1=O)NCC1CC1. The molecule has 144 valence electrons. The van der Waals surface area contributed by atoms with Gasteiger partial charge in [-0.2, -0.15) is 0 Å². The second-order valence-electron chi connectivity index (χ2n) is 7.69. The second kappa shape index (κ2) is 8.51. The minimum Gasteiger partial charge on any atom is -0.356 e. The Morgan fingerprint density at radius 1 is 0.769 bits per heavy atom. The van der Waals surface area contributed by atoms with E-state index in [2.05, 4.69) is 21.3 Å². The van der Waals surface area contributed by atoms with Gasteiger partial charge >= 0.3 is 0 Å². The summed E-state index contributed by atoms with van der Waals surface area (Å²) in [5.74, 6) is 0.463. The van der Waals surface area contributed by atoms with Gasteiger partial charge in [-0.3, -0.25) is 19.2 Å². The molecule has 4 N–H and O–H groups in total. The molecule has 8 heteroatoms. The maximum Gasteiger partial charge on any atom is 0.243 e. The van der Waals surface area contributed by atoms with Gasteiger partial charge in [0, 0.05) is 25.9 Å². The van der Waals surface area contributed by atoms with E-state index in [-0.39, 0.29) is 49.3 Å². The van der Waals surface area contributed by atoms with E-state index < -0.39 is 12.1 Å². The first-order chi connectivity index (χ1) is 12.5. The third kappa shape index (κ3) is 6.00. The Morgan fingerprint density at radius 3 is 1.50 bits per heavy atom. The quantitative estimate of drug-likeness (QED) is 0.421. The summed E-state index contributed by atoms with van der Waals surface area (Å²) < 4.78 is 0. The largest absolute Gasteiger partial charge is 0.356 e. The van der Waals surface area contributed by atoms with E-state index in [0.29, 0.717) is 24.9 Å². The maximum absolute atomic E-state index is 12.1.